The van der Waals surface area contributed by atoms with E-state index in [9.17, 15) is 4.39 Å². The average Bonchev–Trinajstić information content (AvgIpc) is 2.80. The van der Waals surface area contributed by atoms with E-state index >= 15 is 0 Å². The van der Waals surface area contributed by atoms with E-state index in [1.807, 2.05) is 0 Å². The van der Waals surface area contributed by atoms with Gasteiger partial charge >= 0.3 is 0 Å². The molecule has 1 aliphatic carbocycles. The summed E-state index contributed by atoms with van der Waals surface area (Å²) in [6.45, 7) is 2.06. The highest BCUT2D eigenvalue weighted by Crippen LogP contribution is 2.31. The largest absolute Gasteiger partial charge is 0.262 e. The second kappa shape index (κ2) is 3.91. The van der Waals surface area contributed by atoms with Gasteiger partial charge in [-0.25, -0.2) is 4.39 Å². The maximum Gasteiger partial charge on any atom is 0.149 e. The first-order valence-corrected chi connectivity index (χ1v) is 5.84. The Bertz CT molecular complexity index is 578. The van der Waals surface area contributed by atoms with Crippen LogP contribution in [0.2, 0.25) is 0 Å². The zero-order valence-corrected chi connectivity index (χ0v) is 9.70. The first kappa shape index (κ1) is 10.4. The van der Waals surface area contributed by atoms with Gasteiger partial charge in [-0.1, -0.05) is 0 Å². The molecule has 0 N–H and O–H groups in total. The molecule has 0 bridgehead atoms. The van der Waals surface area contributed by atoms with Gasteiger partial charge in [0.2, 0.25) is 0 Å². The molecular weight excluding hydrogens is 215 g/mol. The lowest BCUT2D eigenvalue weighted by Crippen LogP contribution is -1.97. The predicted octanol–water partition coefficient (Wildman–Crippen LogP) is 3.08. The average molecular weight is 228 g/mol. The van der Waals surface area contributed by atoms with Crippen LogP contribution in [0.25, 0.3) is 11.1 Å². The molecule has 0 amide bonds. The van der Waals surface area contributed by atoms with Crippen molar-refractivity contribution in [3.8, 4) is 11.1 Å². The normalized spacial score (nSPS) is 13.8. The van der Waals surface area contributed by atoms with Crippen LogP contribution in [0.5, 0.6) is 0 Å². The summed E-state index contributed by atoms with van der Waals surface area (Å²) in [6, 6.07) is 1.71. The van der Waals surface area contributed by atoms with Crippen LogP contribution in [0.1, 0.15) is 23.2 Å². The Morgan fingerprint density at radius 1 is 1.18 bits per heavy atom. The van der Waals surface area contributed by atoms with Gasteiger partial charge in [0.05, 0.1) is 6.20 Å². The monoisotopic (exact) mass is 228 g/mol. The van der Waals surface area contributed by atoms with Crippen molar-refractivity contribution in [2.24, 2.45) is 0 Å². The summed E-state index contributed by atoms with van der Waals surface area (Å²) >= 11 is 0. The van der Waals surface area contributed by atoms with Crippen LogP contribution in [0.4, 0.5) is 4.39 Å². The van der Waals surface area contributed by atoms with Gasteiger partial charge in [-0.3, -0.25) is 9.97 Å². The van der Waals surface area contributed by atoms with Gasteiger partial charge in [0.15, 0.2) is 0 Å². The number of fused-ring (bicyclic) bond motifs is 1. The maximum absolute atomic E-state index is 13.7. The van der Waals surface area contributed by atoms with Crippen molar-refractivity contribution in [1.29, 1.82) is 0 Å². The van der Waals surface area contributed by atoms with Gasteiger partial charge in [0.1, 0.15) is 5.82 Å². The van der Waals surface area contributed by atoms with E-state index in [-0.39, 0.29) is 5.82 Å². The van der Waals surface area contributed by atoms with Crippen molar-refractivity contribution in [3.63, 3.8) is 0 Å². The van der Waals surface area contributed by atoms with Crippen LogP contribution in [0.15, 0.2) is 24.7 Å². The van der Waals surface area contributed by atoms with Crippen LogP contribution in [0, 0.1) is 12.7 Å². The standard InChI is InChI=1S/C14H13FN2/c1-9-10-3-2-4-14(10)17-7-12(9)11-5-6-16-8-13(11)15/h5-8H,2-4H2,1H3. The molecule has 0 saturated heterocycles. The number of pyridine rings is 2. The Morgan fingerprint density at radius 2 is 2.06 bits per heavy atom. The molecule has 2 aromatic heterocycles. The molecule has 3 rings (SSSR count). The lowest BCUT2D eigenvalue weighted by atomic mass is 9.98. The Kier molecular flexibility index (Phi) is 2.39. The summed E-state index contributed by atoms with van der Waals surface area (Å²) in [6.07, 6.45) is 7.93. The lowest BCUT2D eigenvalue weighted by molar-refractivity contribution is 0.624. The highest BCUT2D eigenvalue weighted by molar-refractivity contribution is 5.68. The third-order valence-corrected chi connectivity index (χ3v) is 3.46. The number of halogens is 1. The smallest absolute Gasteiger partial charge is 0.149 e. The Morgan fingerprint density at radius 3 is 2.88 bits per heavy atom. The van der Waals surface area contributed by atoms with Crippen LogP contribution in [0.3, 0.4) is 0 Å². The first-order valence-electron chi connectivity index (χ1n) is 5.84. The topological polar surface area (TPSA) is 25.8 Å². The van der Waals surface area contributed by atoms with Gasteiger partial charge in [0.25, 0.3) is 0 Å². The molecule has 17 heavy (non-hydrogen) atoms. The van der Waals surface area contributed by atoms with Gasteiger partial charge in [0, 0.05) is 29.2 Å². The zero-order valence-electron chi connectivity index (χ0n) is 9.70. The molecule has 86 valence electrons. The summed E-state index contributed by atoms with van der Waals surface area (Å²) in [5.41, 5.74) is 5.14. The van der Waals surface area contributed by atoms with Crippen LogP contribution in [-0.4, -0.2) is 9.97 Å². The van der Waals surface area contributed by atoms with Crippen molar-refractivity contribution in [1.82, 2.24) is 9.97 Å². The number of hydrogen-bond donors (Lipinski definition) is 0. The number of rotatable bonds is 1. The lowest BCUT2D eigenvalue weighted by Gasteiger charge is -2.10. The Hall–Kier alpha value is -1.77. The molecule has 2 aromatic rings. The highest BCUT2D eigenvalue weighted by Gasteiger charge is 2.18. The molecule has 0 atom stereocenters. The number of hydrogen-bond acceptors (Lipinski definition) is 2. The third-order valence-electron chi connectivity index (χ3n) is 3.46. The van der Waals surface area contributed by atoms with E-state index in [2.05, 4.69) is 16.9 Å². The molecule has 0 aromatic carbocycles. The van der Waals surface area contributed by atoms with Crippen LogP contribution >= 0.6 is 0 Å². The van der Waals surface area contributed by atoms with Crippen molar-refractivity contribution < 1.29 is 4.39 Å². The van der Waals surface area contributed by atoms with Gasteiger partial charge in [-0.05, 0) is 43.4 Å². The van der Waals surface area contributed by atoms with E-state index < -0.39 is 0 Å². The fourth-order valence-electron chi connectivity index (χ4n) is 2.54. The van der Waals surface area contributed by atoms with Gasteiger partial charge < -0.3 is 0 Å². The SMILES string of the molecule is Cc1c(-c2ccncc2F)cnc2c1CCC2. The van der Waals surface area contributed by atoms with E-state index in [0.717, 1.165) is 30.4 Å². The zero-order chi connectivity index (χ0) is 11.8. The quantitative estimate of drug-likeness (QED) is 0.749. The van der Waals surface area contributed by atoms with Crippen molar-refractivity contribution >= 4 is 0 Å². The molecule has 2 heterocycles. The molecular formula is C14H13FN2. The van der Waals surface area contributed by atoms with E-state index in [4.69, 9.17) is 0 Å². The summed E-state index contributed by atoms with van der Waals surface area (Å²) < 4.78 is 13.7. The molecule has 3 heteroatoms. The fraction of sp³-hybridized carbons (Fsp3) is 0.286. The minimum Gasteiger partial charge on any atom is -0.262 e. The Balaban J connectivity index is 2.20. The molecule has 1 aliphatic rings. The molecule has 2 nitrogen and oxygen atoms in total. The molecule has 0 fully saturated rings. The summed E-state index contributed by atoms with van der Waals surface area (Å²) in [5.74, 6) is -0.282. The molecule has 0 radical (unpaired) electrons. The van der Waals surface area contributed by atoms with Crippen molar-refractivity contribution in [3.05, 3.63) is 47.3 Å². The summed E-state index contributed by atoms with van der Waals surface area (Å²) in [5, 5.41) is 0. The second-order valence-corrected chi connectivity index (χ2v) is 4.43. The minimum absolute atomic E-state index is 0.282. The van der Waals surface area contributed by atoms with Crippen LogP contribution in [-0.2, 0) is 12.8 Å². The Labute approximate surface area is 99.5 Å². The third kappa shape index (κ3) is 1.62. The maximum atomic E-state index is 13.7. The van der Waals surface area contributed by atoms with E-state index in [1.165, 1.54) is 17.5 Å². The van der Waals surface area contributed by atoms with E-state index in [0.29, 0.717) is 5.56 Å². The molecule has 0 saturated carbocycles. The molecule has 0 aliphatic heterocycles. The van der Waals surface area contributed by atoms with E-state index in [1.54, 1.807) is 18.5 Å². The molecule has 0 spiro atoms. The summed E-state index contributed by atoms with van der Waals surface area (Å²) in [4.78, 5) is 8.23. The predicted molar refractivity (Wildman–Crippen MR) is 64.2 cm³/mol. The second-order valence-electron chi connectivity index (χ2n) is 4.43. The highest BCUT2D eigenvalue weighted by atomic mass is 19.1. The van der Waals surface area contributed by atoms with Gasteiger partial charge in [-0.2, -0.15) is 0 Å². The number of nitrogens with zero attached hydrogens (tertiary/aromatic N) is 2. The summed E-state index contributed by atoms with van der Waals surface area (Å²) in [7, 11) is 0. The molecule has 0 unspecified atom stereocenters. The first-order chi connectivity index (χ1) is 8.27. The number of aromatic nitrogens is 2. The van der Waals surface area contributed by atoms with Crippen molar-refractivity contribution in [2.75, 3.05) is 0 Å². The van der Waals surface area contributed by atoms with Gasteiger partial charge in [-0.15, -0.1) is 0 Å². The van der Waals surface area contributed by atoms with Crippen molar-refractivity contribution in [2.45, 2.75) is 26.2 Å². The fourth-order valence-corrected chi connectivity index (χ4v) is 2.54. The minimum atomic E-state index is -0.282. The van der Waals surface area contributed by atoms with Crippen LogP contribution < -0.4 is 0 Å². The number of aryl methyl sites for hydroxylation is 1.